The smallest absolute Gasteiger partial charge is 0.347 e. The second-order valence-electron chi connectivity index (χ2n) is 8.80. The number of carbonyl (C=O) groups excluding carboxylic acids is 2. The molecule has 5 rings (SSSR count). The maximum Gasteiger partial charge on any atom is 0.347 e. The van der Waals surface area contributed by atoms with E-state index in [-0.39, 0.29) is 57.2 Å². The number of nitrogens with one attached hydrogen (secondary N) is 3. The minimum Gasteiger partial charge on any atom is -0.477 e. The molecule has 2 amide bonds. The van der Waals surface area contributed by atoms with Gasteiger partial charge in [-0.25, -0.2) is 14.2 Å². The molecule has 2 aromatic heterocycles. The Morgan fingerprint density at radius 3 is 2.58 bits per heavy atom. The van der Waals surface area contributed by atoms with Crippen LogP contribution in [-0.4, -0.2) is 52.0 Å². The van der Waals surface area contributed by atoms with Gasteiger partial charge >= 0.3 is 5.97 Å². The minimum atomic E-state index is -1.17. The van der Waals surface area contributed by atoms with Gasteiger partial charge in [-0.15, -0.1) is 0 Å². The molecule has 13 heteroatoms. The average Bonchev–Trinajstić information content (AvgIpc) is 3.18. The molecule has 1 aromatic carbocycles. The van der Waals surface area contributed by atoms with E-state index in [9.17, 15) is 23.9 Å². The van der Waals surface area contributed by atoms with Gasteiger partial charge < -0.3 is 25.6 Å². The van der Waals surface area contributed by atoms with Crippen molar-refractivity contribution < 1.29 is 23.9 Å². The number of benzene rings is 1. The van der Waals surface area contributed by atoms with Crippen molar-refractivity contribution in [2.24, 2.45) is 11.8 Å². The van der Waals surface area contributed by atoms with Crippen molar-refractivity contribution in [3.05, 3.63) is 62.1 Å². The lowest BCUT2D eigenvalue weighted by Crippen LogP contribution is -2.34. The Hall–Kier alpha value is -3.15. The van der Waals surface area contributed by atoms with Gasteiger partial charge in [-0.2, -0.15) is 0 Å². The van der Waals surface area contributed by atoms with Crippen molar-refractivity contribution in [1.82, 2.24) is 15.3 Å². The normalized spacial score (nSPS) is 20.2. The molecule has 4 N–H and O–H groups in total. The maximum atomic E-state index is 13.4. The number of carbonyl (C=O) groups is 3. The Kier molecular flexibility index (Phi) is 6.39. The fourth-order valence-corrected chi connectivity index (χ4v) is 5.89. The zero-order chi connectivity index (χ0) is 25.7. The van der Waals surface area contributed by atoms with Crippen LogP contribution in [0.2, 0.25) is 10.0 Å². The number of thiazole rings is 1. The van der Waals surface area contributed by atoms with Crippen LogP contribution in [0.25, 0.3) is 0 Å². The number of hydrogen-bond acceptors (Lipinski definition) is 6. The summed E-state index contributed by atoms with van der Waals surface area (Å²) in [6.45, 7) is 2.91. The van der Waals surface area contributed by atoms with Gasteiger partial charge in [-0.05, 0) is 25.1 Å². The molecule has 1 unspecified atom stereocenters. The summed E-state index contributed by atoms with van der Waals surface area (Å²) in [6.07, 6.45) is -0.257. The molecule has 0 radical (unpaired) electrons. The van der Waals surface area contributed by atoms with Gasteiger partial charge in [0.05, 0.1) is 22.2 Å². The predicted molar refractivity (Wildman–Crippen MR) is 134 cm³/mol. The van der Waals surface area contributed by atoms with Crippen LogP contribution in [0.5, 0.6) is 0 Å². The second kappa shape index (κ2) is 9.38. The van der Waals surface area contributed by atoms with E-state index in [0.717, 1.165) is 11.3 Å². The van der Waals surface area contributed by atoms with E-state index in [4.69, 9.17) is 23.2 Å². The van der Waals surface area contributed by atoms with Gasteiger partial charge in [0.15, 0.2) is 5.13 Å². The largest absolute Gasteiger partial charge is 0.477 e. The van der Waals surface area contributed by atoms with Gasteiger partial charge in [0.25, 0.3) is 5.91 Å². The molecule has 1 saturated carbocycles. The van der Waals surface area contributed by atoms with Gasteiger partial charge in [-0.3, -0.25) is 9.59 Å². The molecule has 1 saturated heterocycles. The van der Waals surface area contributed by atoms with Crippen molar-refractivity contribution in [2.75, 3.05) is 23.3 Å². The van der Waals surface area contributed by atoms with E-state index in [1.54, 1.807) is 6.92 Å². The molecule has 0 spiro atoms. The summed E-state index contributed by atoms with van der Waals surface area (Å²) in [5, 5.41) is 16.2. The van der Waals surface area contributed by atoms with Crippen molar-refractivity contribution in [1.29, 1.82) is 0 Å². The zero-order valence-corrected chi connectivity index (χ0v) is 21.1. The number of carboxylic acids is 1. The van der Waals surface area contributed by atoms with E-state index in [1.807, 2.05) is 4.90 Å². The van der Waals surface area contributed by atoms with Crippen LogP contribution in [0.1, 0.15) is 31.5 Å². The Labute approximate surface area is 218 Å². The van der Waals surface area contributed by atoms with Crippen molar-refractivity contribution in [2.45, 2.75) is 19.4 Å². The number of aromatic carboxylic acids is 1. The number of hydrogen-bond donors (Lipinski definition) is 4. The van der Waals surface area contributed by atoms with Gasteiger partial charge in [0.1, 0.15) is 16.4 Å². The van der Waals surface area contributed by atoms with Crippen LogP contribution in [0, 0.1) is 24.6 Å². The molecule has 2 fully saturated rings. The first kappa shape index (κ1) is 24.5. The van der Waals surface area contributed by atoms with Crippen molar-refractivity contribution >= 4 is 63.1 Å². The summed E-state index contributed by atoms with van der Waals surface area (Å²) in [7, 11) is 0. The minimum absolute atomic E-state index is 0.0153. The number of aromatic amines is 1. The number of anilines is 2. The highest BCUT2D eigenvalue weighted by atomic mass is 35.5. The lowest BCUT2D eigenvalue weighted by Gasteiger charge is -2.19. The molecule has 1 aliphatic heterocycles. The summed E-state index contributed by atoms with van der Waals surface area (Å²) in [4.78, 5) is 46.1. The van der Waals surface area contributed by atoms with E-state index < -0.39 is 17.7 Å². The molecule has 2 aliphatic rings. The summed E-state index contributed by atoms with van der Waals surface area (Å²) in [5.74, 6) is -2.10. The fraction of sp³-hybridized carbons (Fsp3) is 0.304. The zero-order valence-electron chi connectivity index (χ0n) is 18.8. The van der Waals surface area contributed by atoms with Crippen LogP contribution in [0.4, 0.5) is 15.2 Å². The number of carboxylic acid groups (broad SMARTS) is 1. The summed E-state index contributed by atoms with van der Waals surface area (Å²) >= 11 is 13.2. The summed E-state index contributed by atoms with van der Waals surface area (Å²) in [5.41, 5.74) is 1.27. The lowest BCUT2D eigenvalue weighted by molar-refractivity contribution is -0.115. The fourth-order valence-electron chi connectivity index (χ4n) is 4.53. The SMILES string of the molecule is Cc1[nH]c(C(=O)NC2[C@H]3CN(c4nc(CC(=O)Nc5cccc(F)c5)c(C(=O)O)s4)C[C@@H]23)c(Cl)c1Cl. The van der Waals surface area contributed by atoms with E-state index in [2.05, 4.69) is 20.6 Å². The molecular weight excluding hydrogens is 532 g/mol. The van der Waals surface area contributed by atoms with Crippen molar-refractivity contribution in [3.8, 4) is 0 Å². The van der Waals surface area contributed by atoms with E-state index >= 15 is 0 Å². The van der Waals surface area contributed by atoms with E-state index in [1.165, 1.54) is 24.3 Å². The molecule has 3 atom stereocenters. The number of piperidine rings is 1. The Morgan fingerprint density at radius 2 is 1.97 bits per heavy atom. The Bertz CT molecular complexity index is 1380. The van der Waals surface area contributed by atoms with Crippen molar-refractivity contribution in [3.63, 3.8) is 0 Å². The number of aromatic nitrogens is 2. The maximum absolute atomic E-state index is 13.4. The van der Waals surface area contributed by atoms with Gasteiger partial charge in [-0.1, -0.05) is 40.6 Å². The molecule has 3 aromatic rings. The first-order valence-electron chi connectivity index (χ1n) is 11.0. The molecular formula is C23H20Cl2FN5O4S. The molecule has 9 nitrogen and oxygen atoms in total. The molecule has 3 heterocycles. The first-order chi connectivity index (χ1) is 17.1. The molecule has 188 valence electrons. The summed E-state index contributed by atoms with van der Waals surface area (Å²) in [6, 6.07) is 5.41. The standard InChI is InChI=1S/C23H20Cl2FN5O4S/c1-9-16(24)17(25)19(27-9)21(33)30-18-12-7-31(8-13(12)18)23-29-14(20(36-23)22(34)35)6-15(32)28-11-4-2-3-10(26)5-11/h2-5,12-13,18,27H,6-8H2,1H3,(H,28,32)(H,30,33)(H,34,35)/t12-,13+,18?. The highest BCUT2D eigenvalue weighted by Gasteiger charge is 2.57. The number of amides is 2. The number of fused-ring (bicyclic) bond motifs is 1. The number of nitrogens with zero attached hydrogens (tertiary/aromatic N) is 2. The summed E-state index contributed by atoms with van der Waals surface area (Å²) < 4.78 is 13.4. The Morgan fingerprint density at radius 1 is 1.25 bits per heavy atom. The van der Waals surface area contributed by atoms with Gasteiger partial charge in [0.2, 0.25) is 5.91 Å². The van der Waals surface area contributed by atoms with Crippen LogP contribution < -0.4 is 15.5 Å². The van der Waals surface area contributed by atoms with Crippen LogP contribution in [-0.2, 0) is 11.2 Å². The highest BCUT2D eigenvalue weighted by Crippen LogP contribution is 2.48. The first-order valence-corrected chi connectivity index (χ1v) is 12.6. The predicted octanol–water partition coefficient (Wildman–Crippen LogP) is 3.97. The second-order valence-corrected chi connectivity index (χ2v) is 10.5. The average molecular weight is 552 g/mol. The van der Waals surface area contributed by atoms with E-state index in [0.29, 0.717) is 28.9 Å². The number of rotatable bonds is 7. The topological polar surface area (TPSA) is 127 Å². The number of aryl methyl sites for hydroxylation is 1. The van der Waals surface area contributed by atoms with Crippen LogP contribution in [0.3, 0.4) is 0 Å². The Balaban J connectivity index is 1.21. The third-order valence-corrected chi connectivity index (χ3v) is 8.45. The molecule has 0 bridgehead atoms. The lowest BCUT2D eigenvalue weighted by atomic mass is 10.2. The third-order valence-electron chi connectivity index (χ3n) is 6.36. The highest BCUT2D eigenvalue weighted by molar-refractivity contribution is 7.17. The third kappa shape index (κ3) is 4.65. The van der Waals surface area contributed by atoms with Crippen LogP contribution in [0.15, 0.2) is 24.3 Å². The van der Waals surface area contributed by atoms with Crippen LogP contribution >= 0.6 is 34.5 Å². The molecule has 36 heavy (non-hydrogen) atoms. The molecule has 1 aliphatic carbocycles. The number of halogens is 3. The monoisotopic (exact) mass is 551 g/mol. The quantitative estimate of drug-likeness (QED) is 0.352. The van der Waals surface area contributed by atoms with Gasteiger partial charge in [0, 0.05) is 42.3 Å². The number of H-pyrrole nitrogens is 1.